The minimum absolute atomic E-state index is 0.0936. The van der Waals surface area contributed by atoms with Gasteiger partial charge in [-0.1, -0.05) is 6.07 Å². The molecule has 2 aliphatic heterocycles. The molecule has 11 heteroatoms. The summed E-state index contributed by atoms with van der Waals surface area (Å²) in [6, 6.07) is 6.30. The Morgan fingerprint density at radius 3 is 2.68 bits per heavy atom. The van der Waals surface area contributed by atoms with Gasteiger partial charge in [-0.15, -0.1) is 0 Å². The molecule has 0 spiro atoms. The Kier molecular flexibility index (Phi) is 8.39. The number of likely N-dealkylation sites (tertiary alicyclic amines) is 1. The Labute approximate surface area is 225 Å². The number of hydrogen-bond acceptors (Lipinski definition) is 6. The first-order valence-corrected chi connectivity index (χ1v) is 15.2. The molecule has 2 aromatic rings. The first-order valence-electron chi connectivity index (χ1n) is 13.8. The number of nitrogens with one attached hydrogen (secondary N) is 1. The van der Waals surface area contributed by atoms with Gasteiger partial charge in [0.2, 0.25) is 5.91 Å². The van der Waals surface area contributed by atoms with E-state index in [2.05, 4.69) is 28.0 Å². The Hall–Kier alpha value is -2.05. The third kappa shape index (κ3) is 6.07. The maximum Gasteiger partial charge on any atom is 0.279 e. The molecule has 0 bridgehead atoms. The van der Waals surface area contributed by atoms with Crippen LogP contribution < -0.4 is 4.72 Å². The van der Waals surface area contributed by atoms with Gasteiger partial charge in [-0.2, -0.15) is 22.5 Å². The van der Waals surface area contributed by atoms with Crippen LogP contribution in [0.2, 0.25) is 0 Å². The van der Waals surface area contributed by atoms with Crippen molar-refractivity contribution in [2.45, 2.75) is 56.6 Å². The molecule has 210 valence electrons. The van der Waals surface area contributed by atoms with Gasteiger partial charge in [-0.05, 0) is 68.1 Å². The number of fused-ring (bicyclic) bond motifs is 1. The molecule has 1 aromatic heterocycles. The predicted molar refractivity (Wildman–Crippen MR) is 145 cm³/mol. The number of nitrogens with zero attached hydrogens (tertiary/aromatic N) is 4. The summed E-state index contributed by atoms with van der Waals surface area (Å²) in [6.45, 7) is 2.58. The van der Waals surface area contributed by atoms with Crippen LogP contribution in [0.4, 0.5) is 0 Å². The second kappa shape index (κ2) is 11.6. The number of aromatic nitrogens is 2. The van der Waals surface area contributed by atoms with E-state index in [0.717, 1.165) is 37.6 Å². The highest BCUT2D eigenvalue weighted by Gasteiger charge is 2.38. The molecule has 3 heterocycles. The van der Waals surface area contributed by atoms with Crippen molar-refractivity contribution < 1.29 is 22.7 Å². The lowest BCUT2D eigenvalue weighted by atomic mass is 9.79. The quantitative estimate of drug-likeness (QED) is 0.544. The molecular weight excluding hydrogens is 506 g/mol. The summed E-state index contributed by atoms with van der Waals surface area (Å²) < 4.78 is 42.9. The predicted octanol–water partition coefficient (Wildman–Crippen LogP) is 2.27. The fourth-order valence-electron chi connectivity index (χ4n) is 6.06. The lowest BCUT2D eigenvalue weighted by molar-refractivity contribution is -0.140. The SMILES string of the molecule is CN(C)S(=O)(=O)N[C@H]1CCN(C(=O)[C@@H]2CCOC2)C[C@H]1OCC1CCC(c2ccc3c(cnn3C)c2)CC1. The minimum Gasteiger partial charge on any atom is -0.381 e. The van der Waals surface area contributed by atoms with E-state index in [0.29, 0.717) is 51.2 Å². The van der Waals surface area contributed by atoms with Gasteiger partial charge in [0.25, 0.3) is 10.2 Å². The number of aryl methyl sites for hydroxylation is 1. The normalized spacial score (nSPS) is 28.8. The van der Waals surface area contributed by atoms with E-state index in [4.69, 9.17) is 9.47 Å². The Morgan fingerprint density at radius 2 is 1.97 bits per heavy atom. The van der Waals surface area contributed by atoms with Gasteiger partial charge in [0.05, 0.1) is 36.4 Å². The topological polar surface area (TPSA) is 106 Å². The molecule has 3 atom stereocenters. The van der Waals surface area contributed by atoms with E-state index in [1.165, 1.54) is 29.4 Å². The maximum atomic E-state index is 13.0. The van der Waals surface area contributed by atoms with Crippen molar-refractivity contribution in [3.63, 3.8) is 0 Å². The Morgan fingerprint density at radius 1 is 1.18 bits per heavy atom. The molecule has 0 radical (unpaired) electrons. The molecule has 0 unspecified atom stereocenters. The zero-order valence-corrected chi connectivity index (χ0v) is 23.5. The lowest BCUT2D eigenvalue weighted by Gasteiger charge is -2.40. The first-order chi connectivity index (χ1) is 18.2. The van der Waals surface area contributed by atoms with Gasteiger partial charge in [0.15, 0.2) is 0 Å². The van der Waals surface area contributed by atoms with E-state index < -0.39 is 10.2 Å². The van der Waals surface area contributed by atoms with Gasteiger partial charge >= 0.3 is 0 Å². The van der Waals surface area contributed by atoms with Crippen LogP contribution in [0.15, 0.2) is 24.4 Å². The minimum atomic E-state index is -3.61. The molecule has 1 amide bonds. The van der Waals surface area contributed by atoms with Crippen molar-refractivity contribution in [3.05, 3.63) is 30.0 Å². The highest BCUT2D eigenvalue weighted by Crippen LogP contribution is 2.37. The summed E-state index contributed by atoms with van der Waals surface area (Å²) in [5, 5.41) is 5.55. The van der Waals surface area contributed by atoms with Crippen LogP contribution in [0.1, 0.15) is 50.0 Å². The maximum absolute atomic E-state index is 13.0. The molecule has 1 aliphatic carbocycles. The van der Waals surface area contributed by atoms with Crippen molar-refractivity contribution in [3.8, 4) is 0 Å². The van der Waals surface area contributed by atoms with E-state index in [9.17, 15) is 13.2 Å². The second-order valence-electron chi connectivity index (χ2n) is 11.3. The van der Waals surface area contributed by atoms with Crippen LogP contribution in [-0.4, -0.2) is 92.5 Å². The number of rotatable bonds is 8. The number of ether oxygens (including phenoxy) is 2. The Bertz CT molecular complexity index is 1220. The fourth-order valence-corrected chi connectivity index (χ4v) is 6.93. The number of benzene rings is 1. The third-order valence-electron chi connectivity index (χ3n) is 8.57. The zero-order valence-electron chi connectivity index (χ0n) is 22.7. The summed E-state index contributed by atoms with van der Waals surface area (Å²) in [6.07, 6.45) is 7.17. The molecule has 10 nitrogen and oxygen atoms in total. The molecule has 5 rings (SSSR count). The van der Waals surface area contributed by atoms with E-state index >= 15 is 0 Å². The summed E-state index contributed by atoms with van der Waals surface area (Å²) >= 11 is 0. The number of amides is 1. The van der Waals surface area contributed by atoms with Crippen LogP contribution in [0.3, 0.4) is 0 Å². The first kappa shape index (κ1) is 27.5. The summed E-state index contributed by atoms with van der Waals surface area (Å²) in [5.74, 6) is 0.948. The zero-order chi connectivity index (χ0) is 26.9. The van der Waals surface area contributed by atoms with Crippen molar-refractivity contribution in [2.24, 2.45) is 18.9 Å². The molecule has 1 N–H and O–H groups in total. The molecular formula is C27H41N5O5S. The molecule has 38 heavy (non-hydrogen) atoms. The van der Waals surface area contributed by atoms with Crippen LogP contribution in [0, 0.1) is 11.8 Å². The molecule has 3 fully saturated rings. The average Bonchev–Trinajstić information content (AvgIpc) is 3.58. The monoisotopic (exact) mass is 547 g/mol. The highest BCUT2D eigenvalue weighted by molar-refractivity contribution is 7.87. The number of piperidine rings is 1. The number of carbonyl (C=O) groups is 1. The van der Waals surface area contributed by atoms with Gasteiger partial charge in [0, 0.05) is 52.8 Å². The van der Waals surface area contributed by atoms with E-state index in [1.807, 2.05) is 22.8 Å². The number of hydrogen-bond donors (Lipinski definition) is 1. The van der Waals surface area contributed by atoms with E-state index in [-0.39, 0.29) is 24.0 Å². The van der Waals surface area contributed by atoms with Crippen molar-refractivity contribution in [1.29, 1.82) is 0 Å². The van der Waals surface area contributed by atoms with Crippen LogP contribution in [-0.2, 0) is 31.5 Å². The summed E-state index contributed by atoms with van der Waals surface area (Å²) in [7, 11) is 1.39. The molecule has 1 aromatic carbocycles. The van der Waals surface area contributed by atoms with Crippen molar-refractivity contribution in [2.75, 3.05) is 47.0 Å². The molecule has 1 saturated carbocycles. The van der Waals surface area contributed by atoms with E-state index in [1.54, 1.807) is 0 Å². The van der Waals surface area contributed by atoms with Crippen LogP contribution >= 0.6 is 0 Å². The summed E-state index contributed by atoms with van der Waals surface area (Å²) in [5.41, 5.74) is 2.52. The smallest absolute Gasteiger partial charge is 0.279 e. The van der Waals surface area contributed by atoms with Crippen molar-refractivity contribution in [1.82, 2.24) is 23.7 Å². The second-order valence-corrected chi connectivity index (χ2v) is 13.2. The Balaban J connectivity index is 1.19. The average molecular weight is 548 g/mol. The van der Waals surface area contributed by atoms with Crippen LogP contribution in [0.5, 0.6) is 0 Å². The summed E-state index contributed by atoms with van der Waals surface area (Å²) in [4.78, 5) is 14.9. The lowest BCUT2D eigenvalue weighted by Crippen LogP contribution is -2.58. The molecule has 3 aliphatic rings. The number of carbonyl (C=O) groups excluding carboxylic acids is 1. The largest absolute Gasteiger partial charge is 0.381 e. The standard InChI is InChI=1S/C27H41N5O5S/c1-30(2)38(34,35)29-24-10-12-32(27(33)22-11-13-36-18-22)16-26(24)37-17-19-4-6-20(7-5-19)21-8-9-25-23(14-21)15-28-31(25)3/h8-9,14-15,19-20,22,24,26,29H,4-7,10-13,16-18H2,1-3H3/t19?,20?,22-,24+,26-/m1/s1. The molecule has 2 saturated heterocycles. The third-order valence-corrected chi connectivity index (χ3v) is 10.1. The van der Waals surface area contributed by atoms with Crippen molar-refractivity contribution >= 4 is 27.0 Å². The van der Waals surface area contributed by atoms with Gasteiger partial charge < -0.3 is 14.4 Å². The highest BCUT2D eigenvalue weighted by atomic mass is 32.2. The van der Waals surface area contributed by atoms with Gasteiger partial charge in [-0.3, -0.25) is 9.48 Å². The fraction of sp³-hybridized carbons (Fsp3) is 0.704. The van der Waals surface area contributed by atoms with Gasteiger partial charge in [0.1, 0.15) is 0 Å². The van der Waals surface area contributed by atoms with Crippen LogP contribution in [0.25, 0.3) is 10.9 Å². The van der Waals surface area contributed by atoms with Gasteiger partial charge in [-0.25, -0.2) is 0 Å².